The maximum absolute atomic E-state index is 5.40. The second-order valence-electron chi connectivity index (χ2n) is 3.87. The van der Waals surface area contributed by atoms with E-state index in [4.69, 9.17) is 4.74 Å². The van der Waals surface area contributed by atoms with Crippen molar-refractivity contribution in [1.29, 1.82) is 0 Å². The topological polar surface area (TPSA) is 50.3 Å². The van der Waals surface area contributed by atoms with Crippen LogP contribution in [-0.2, 0) is 11.3 Å². The minimum atomic E-state index is 0.766. The van der Waals surface area contributed by atoms with E-state index in [1.54, 1.807) is 0 Å². The van der Waals surface area contributed by atoms with Crippen LogP contribution in [0.5, 0.6) is 0 Å². The molecule has 0 unspecified atom stereocenters. The standard InChI is InChI=1S/C11H18N4O/c1-12-7-10-8-13-11(14-9-10)15-3-2-5-16-6-4-15/h8-9,12H,2-7H2,1H3. The van der Waals surface area contributed by atoms with Gasteiger partial charge in [0.2, 0.25) is 5.95 Å². The molecule has 0 amide bonds. The van der Waals surface area contributed by atoms with Gasteiger partial charge in [-0.05, 0) is 13.5 Å². The van der Waals surface area contributed by atoms with Crippen LogP contribution in [0.25, 0.3) is 0 Å². The van der Waals surface area contributed by atoms with Crippen molar-refractivity contribution in [2.24, 2.45) is 0 Å². The van der Waals surface area contributed by atoms with Gasteiger partial charge in [-0.3, -0.25) is 0 Å². The lowest BCUT2D eigenvalue weighted by Gasteiger charge is -2.19. The summed E-state index contributed by atoms with van der Waals surface area (Å²) in [6, 6.07) is 0. The van der Waals surface area contributed by atoms with Crippen LogP contribution in [0.15, 0.2) is 12.4 Å². The summed E-state index contributed by atoms with van der Waals surface area (Å²) in [6.45, 7) is 4.27. The molecular weight excluding hydrogens is 204 g/mol. The van der Waals surface area contributed by atoms with Crippen molar-refractivity contribution in [1.82, 2.24) is 15.3 Å². The smallest absolute Gasteiger partial charge is 0.225 e. The Morgan fingerprint density at radius 3 is 2.88 bits per heavy atom. The van der Waals surface area contributed by atoms with Gasteiger partial charge in [-0.25, -0.2) is 9.97 Å². The molecule has 1 aromatic heterocycles. The number of nitrogens with one attached hydrogen (secondary N) is 1. The monoisotopic (exact) mass is 222 g/mol. The minimum absolute atomic E-state index is 0.766. The summed E-state index contributed by atoms with van der Waals surface area (Å²) >= 11 is 0. The third-order valence-corrected chi connectivity index (χ3v) is 2.58. The molecule has 0 aromatic carbocycles. The molecule has 1 aromatic rings. The van der Waals surface area contributed by atoms with Gasteiger partial charge >= 0.3 is 0 Å². The van der Waals surface area contributed by atoms with E-state index < -0.39 is 0 Å². The average Bonchev–Trinajstić information content (AvgIpc) is 2.59. The van der Waals surface area contributed by atoms with Crippen molar-refractivity contribution < 1.29 is 4.74 Å². The third kappa shape index (κ3) is 2.90. The largest absolute Gasteiger partial charge is 0.380 e. The zero-order valence-electron chi connectivity index (χ0n) is 9.65. The Hall–Kier alpha value is -1.20. The molecule has 0 saturated carbocycles. The molecule has 5 nitrogen and oxygen atoms in total. The Morgan fingerprint density at radius 1 is 1.31 bits per heavy atom. The first-order valence-electron chi connectivity index (χ1n) is 5.68. The number of ether oxygens (including phenoxy) is 1. The van der Waals surface area contributed by atoms with Gasteiger partial charge in [-0.15, -0.1) is 0 Å². The number of aromatic nitrogens is 2. The van der Waals surface area contributed by atoms with Gasteiger partial charge in [-0.1, -0.05) is 0 Å². The Morgan fingerprint density at radius 2 is 2.12 bits per heavy atom. The van der Waals surface area contributed by atoms with Crippen molar-refractivity contribution in [3.05, 3.63) is 18.0 Å². The molecule has 0 spiro atoms. The van der Waals surface area contributed by atoms with E-state index >= 15 is 0 Å². The molecule has 0 aliphatic carbocycles. The molecule has 16 heavy (non-hydrogen) atoms. The molecule has 0 bridgehead atoms. The van der Waals surface area contributed by atoms with Crippen molar-refractivity contribution >= 4 is 5.95 Å². The lowest BCUT2D eigenvalue weighted by Crippen LogP contribution is -2.27. The van der Waals surface area contributed by atoms with Crippen molar-refractivity contribution in [2.45, 2.75) is 13.0 Å². The quantitative estimate of drug-likeness (QED) is 0.803. The summed E-state index contributed by atoms with van der Waals surface area (Å²) in [5.41, 5.74) is 1.11. The highest BCUT2D eigenvalue weighted by molar-refractivity contribution is 5.29. The average molecular weight is 222 g/mol. The van der Waals surface area contributed by atoms with Gasteiger partial charge in [0.15, 0.2) is 0 Å². The van der Waals surface area contributed by atoms with Gasteiger partial charge in [-0.2, -0.15) is 0 Å². The Kier molecular flexibility index (Phi) is 4.07. The van der Waals surface area contributed by atoms with Gasteiger partial charge in [0.25, 0.3) is 0 Å². The predicted molar refractivity (Wildman–Crippen MR) is 62.4 cm³/mol. The number of hydrogen-bond donors (Lipinski definition) is 1. The molecule has 1 aliphatic heterocycles. The molecule has 5 heteroatoms. The molecule has 2 heterocycles. The lowest BCUT2D eigenvalue weighted by molar-refractivity contribution is 0.152. The predicted octanol–water partition coefficient (Wildman–Crippen LogP) is 0.423. The molecule has 1 aliphatic rings. The molecule has 0 atom stereocenters. The highest BCUT2D eigenvalue weighted by Crippen LogP contribution is 2.09. The first-order chi connectivity index (χ1) is 7.90. The van der Waals surface area contributed by atoms with E-state index in [-0.39, 0.29) is 0 Å². The SMILES string of the molecule is CNCc1cnc(N2CCCOCC2)nc1. The Labute approximate surface area is 95.8 Å². The fraction of sp³-hybridized carbons (Fsp3) is 0.636. The van der Waals surface area contributed by atoms with Gasteiger partial charge < -0.3 is 15.0 Å². The number of hydrogen-bond acceptors (Lipinski definition) is 5. The second kappa shape index (κ2) is 5.77. The lowest BCUT2D eigenvalue weighted by atomic mass is 10.3. The molecular formula is C11H18N4O. The first kappa shape index (κ1) is 11.3. The zero-order valence-corrected chi connectivity index (χ0v) is 9.65. The molecule has 1 N–H and O–H groups in total. The van der Waals surface area contributed by atoms with E-state index in [1.165, 1.54) is 0 Å². The Bertz CT molecular complexity index is 306. The van der Waals surface area contributed by atoms with Crippen LogP contribution in [0.3, 0.4) is 0 Å². The fourth-order valence-electron chi connectivity index (χ4n) is 1.75. The van der Waals surface area contributed by atoms with E-state index in [1.807, 2.05) is 19.4 Å². The maximum Gasteiger partial charge on any atom is 0.225 e. The van der Waals surface area contributed by atoms with Crippen molar-refractivity contribution in [3.63, 3.8) is 0 Å². The van der Waals surface area contributed by atoms with Crippen LogP contribution in [-0.4, -0.2) is 43.3 Å². The summed E-state index contributed by atoms with van der Waals surface area (Å²) in [4.78, 5) is 10.9. The van der Waals surface area contributed by atoms with E-state index in [2.05, 4.69) is 20.2 Å². The summed E-state index contributed by atoms with van der Waals surface area (Å²) in [7, 11) is 1.92. The minimum Gasteiger partial charge on any atom is -0.380 e. The molecule has 1 fully saturated rings. The molecule has 0 radical (unpaired) electrons. The summed E-state index contributed by atoms with van der Waals surface area (Å²) in [5, 5.41) is 3.08. The molecule has 88 valence electrons. The van der Waals surface area contributed by atoms with Crippen LogP contribution in [0.1, 0.15) is 12.0 Å². The molecule has 2 rings (SSSR count). The zero-order chi connectivity index (χ0) is 11.2. The van der Waals surface area contributed by atoms with Gasteiger partial charge in [0.05, 0.1) is 6.61 Å². The van der Waals surface area contributed by atoms with Crippen LogP contribution >= 0.6 is 0 Å². The molecule has 1 saturated heterocycles. The fourth-order valence-corrected chi connectivity index (χ4v) is 1.75. The summed E-state index contributed by atoms with van der Waals surface area (Å²) in [6.07, 6.45) is 4.80. The van der Waals surface area contributed by atoms with Gasteiger partial charge in [0, 0.05) is 44.2 Å². The third-order valence-electron chi connectivity index (χ3n) is 2.58. The highest BCUT2D eigenvalue weighted by Gasteiger charge is 2.11. The Balaban J connectivity index is 2.01. The number of nitrogens with zero attached hydrogens (tertiary/aromatic N) is 3. The van der Waals surface area contributed by atoms with E-state index in [0.29, 0.717) is 0 Å². The van der Waals surface area contributed by atoms with Gasteiger partial charge in [0.1, 0.15) is 0 Å². The normalized spacial score (nSPS) is 17.2. The van der Waals surface area contributed by atoms with Crippen LogP contribution in [0.4, 0.5) is 5.95 Å². The maximum atomic E-state index is 5.40. The van der Waals surface area contributed by atoms with E-state index in [9.17, 15) is 0 Å². The first-order valence-corrected chi connectivity index (χ1v) is 5.68. The number of rotatable bonds is 3. The van der Waals surface area contributed by atoms with Crippen LogP contribution in [0.2, 0.25) is 0 Å². The second-order valence-corrected chi connectivity index (χ2v) is 3.87. The van der Waals surface area contributed by atoms with Crippen LogP contribution < -0.4 is 10.2 Å². The summed E-state index contributed by atoms with van der Waals surface area (Å²) in [5.74, 6) is 0.811. The highest BCUT2D eigenvalue weighted by atomic mass is 16.5. The van der Waals surface area contributed by atoms with E-state index in [0.717, 1.165) is 50.8 Å². The number of anilines is 1. The van der Waals surface area contributed by atoms with Crippen LogP contribution in [0, 0.1) is 0 Å². The summed E-state index contributed by atoms with van der Waals surface area (Å²) < 4.78 is 5.40. The van der Waals surface area contributed by atoms with Crippen molar-refractivity contribution in [2.75, 3.05) is 38.3 Å². The van der Waals surface area contributed by atoms with Crippen molar-refractivity contribution in [3.8, 4) is 0 Å².